The van der Waals surface area contributed by atoms with Crippen molar-refractivity contribution in [3.8, 4) is 12.3 Å². The van der Waals surface area contributed by atoms with Crippen LogP contribution in [0.25, 0.3) is 0 Å². The predicted molar refractivity (Wildman–Crippen MR) is 68.5 cm³/mol. The molecule has 0 aromatic heterocycles. The number of hydrogen-bond donors (Lipinski definition) is 2. The monoisotopic (exact) mass is 295 g/mol. The lowest BCUT2D eigenvalue weighted by Gasteiger charge is -2.14. The van der Waals surface area contributed by atoms with E-state index in [0.29, 0.717) is 12.6 Å². The van der Waals surface area contributed by atoms with Crippen LogP contribution in [0.4, 0.5) is 0 Å². The molecule has 0 amide bonds. The van der Waals surface area contributed by atoms with Crippen molar-refractivity contribution < 1.29 is 0 Å². The zero-order chi connectivity index (χ0) is 9.40. The third kappa shape index (κ3) is 7.91. The Hall–Kier alpha value is -0.440. The maximum Gasteiger partial charge on any atom is 0.191 e. The van der Waals surface area contributed by atoms with E-state index in [2.05, 4.69) is 35.4 Å². The molecular formula is C9H18IN3. The topological polar surface area (TPSA) is 36.4 Å². The summed E-state index contributed by atoms with van der Waals surface area (Å²) >= 11 is 0. The fourth-order valence-electron chi connectivity index (χ4n) is 0.665. The molecule has 0 aromatic carbocycles. The van der Waals surface area contributed by atoms with Gasteiger partial charge in [-0.25, -0.2) is 0 Å². The Kier molecular flexibility index (Phi) is 11.2. The molecule has 4 heteroatoms. The Balaban J connectivity index is 0. The van der Waals surface area contributed by atoms with Crippen LogP contribution in [-0.2, 0) is 0 Å². The summed E-state index contributed by atoms with van der Waals surface area (Å²) < 4.78 is 0. The van der Waals surface area contributed by atoms with Crippen LogP contribution in [0.3, 0.4) is 0 Å². The summed E-state index contributed by atoms with van der Waals surface area (Å²) in [7, 11) is 1.73. The Labute approximate surface area is 97.8 Å². The zero-order valence-electron chi connectivity index (χ0n) is 8.42. The van der Waals surface area contributed by atoms with Crippen LogP contribution < -0.4 is 10.6 Å². The molecule has 0 radical (unpaired) electrons. The Morgan fingerprint density at radius 3 is 2.62 bits per heavy atom. The second-order valence-corrected chi connectivity index (χ2v) is 2.58. The van der Waals surface area contributed by atoms with E-state index in [1.54, 1.807) is 7.05 Å². The maximum atomic E-state index is 5.10. The van der Waals surface area contributed by atoms with Crippen molar-refractivity contribution in [2.24, 2.45) is 4.99 Å². The molecule has 0 bridgehead atoms. The van der Waals surface area contributed by atoms with Gasteiger partial charge in [-0.3, -0.25) is 4.99 Å². The van der Waals surface area contributed by atoms with E-state index in [1.807, 2.05) is 0 Å². The maximum absolute atomic E-state index is 5.10. The molecular weight excluding hydrogens is 277 g/mol. The second kappa shape index (κ2) is 9.65. The number of halogens is 1. The average molecular weight is 295 g/mol. The lowest BCUT2D eigenvalue weighted by atomic mass is 10.3. The highest BCUT2D eigenvalue weighted by atomic mass is 127. The van der Waals surface area contributed by atoms with Crippen LogP contribution in [0.1, 0.15) is 20.3 Å². The predicted octanol–water partition coefficient (Wildman–Crippen LogP) is 1.20. The van der Waals surface area contributed by atoms with Crippen molar-refractivity contribution in [3.05, 3.63) is 0 Å². The lowest BCUT2D eigenvalue weighted by Crippen LogP contribution is -2.41. The van der Waals surface area contributed by atoms with Gasteiger partial charge in [0, 0.05) is 13.1 Å². The molecule has 3 nitrogen and oxygen atoms in total. The first kappa shape index (κ1) is 15.1. The van der Waals surface area contributed by atoms with Crippen molar-refractivity contribution in [3.63, 3.8) is 0 Å². The second-order valence-electron chi connectivity index (χ2n) is 2.58. The number of nitrogens with zero attached hydrogens (tertiary/aromatic N) is 1. The first-order valence-electron chi connectivity index (χ1n) is 4.15. The van der Waals surface area contributed by atoms with Gasteiger partial charge in [0.15, 0.2) is 5.96 Å². The third-order valence-corrected chi connectivity index (χ3v) is 1.58. The minimum absolute atomic E-state index is 0. The normalized spacial score (nSPS) is 12.3. The van der Waals surface area contributed by atoms with Gasteiger partial charge in [0.2, 0.25) is 0 Å². The Morgan fingerprint density at radius 2 is 2.23 bits per heavy atom. The Morgan fingerprint density at radius 1 is 1.62 bits per heavy atom. The number of aliphatic imine (C=N–C) groups is 1. The summed E-state index contributed by atoms with van der Waals surface area (Å²) in [5, 5.41) is 6.18. The number of rotatable bonds is 3. The smallest absolute Gasteiger partial charge is 0.191 e. The van der Waals surface area contributed by atoms with E-state index in [-0.39, 0.29) is 24.0 Å². The van der Waals surface area contributed by atoms with Gasteiger partial charge in [0.1, 0.15) is 0 Å². The van der Waals surface area contributed by atoms with Crippen molar-refractivity contribution in [2.75, 3.05) is 13.6 Å². The summed E-state index contributed by atoms with van der Waals surface area (Å²) in [6, 6.07) is 0.425. The SMILES string of the molecule is C#CCNC(=NC)NC(C)CC.I. The highest BCUT2D eigenvalue weighted by Gasteiger charge is 1.99. The molecule has 0 spiro atoms. The summed E-state index contributed by atoms with van der Waals surface area (Å²) in [5.41, 5.74) is 0. The molecule has 0 aliphatic heterocycles. The number of nitrogens with one attached hydrogen (secondary N) is 2. The third-order valence-electron chi connectivity index (χ3n) is 1.58. The molecule has 0 saturated heterocycles. The standard InChI is InChI=1S/C9H17N3.HI/c1-5-7-11-9(10-4)12-8(3)6-2;/h1,8H,6-7H2,2-4H3,(H2,10,11,12);1H. The fourth-order valence-corrected chi connectivity index (χ4v) is 0.665. The summed E-state index contributed by atoms with van der Waals surface area (Å²) in [6.07, 6.45) is 6.17. The van der Waals surface area contributed by atoms with E-state index >= 15 is 0 Å². The first-order valence-corrected chi connectivity index (χ1v) is 4.15. The average Bonchev–Trinajstić information content (AvgIpc) is 2.11. The van der Waals surface area contributed by atoms with Crippen LogP contribution in [0.5, 0.6) is 0 Å². The van der Waals surface area contributed by atoms with Crippen LogP contribution in [0, 0.1) is 12.3 Å². The molecule has 0 aromatic rings. The van der Waals surface area contributed by atoms with E-state index in [9.17, 15) is 0 Å². The van der Waals surface area contributed by atoms with E-state index in [4.69, 9.17) is 6.42 Å². The molecule has 0 aliphatic carbocycles. The van der Waals surface area contributed by atoms with Crippen LogP contribution in [-0.4, -0.2) is 25.6 Å². The molecule has 0 fully saturated rings. The van der Waals surface area contributed by atoms with Gasteiger partial charge in [-0.1, -0.05) is 12.8 Å². The minimum Gasteiger partial charge on any atom is -0.354 e. The van der Waals surface area contributed by atoms with Crippen LogP contribution in [0.15, 0.2) is 4.99 Å². The molecule has 0 heterocycles. The number of guanidine groups is 1. The van der Waals surface area contributed by atoms with Gasteiger partial charge >= 0.3 is 0 Å². The van der Waals surface area contributed by atoms with Crippen LogP contribution in [0.2, 0.25) is 0 Å². The Bertz CT molecular complexity index is 184. The van der Waals surface area contributed by atoms with Crippen molar-refractivity contribution >= 4 is 29.9 Å². The van der Waals surface area contributed by atoms with E-state index in [1.165, 1.54) is 0 Å². The highest BCUT2D eigenvalue weighted by molar-refractivity contribution is 14.0. The van der Waals surface area contributed by atoms with Gasteiger partial charge in [0.25, 0.3) is 0 Å². The zero-order valence-corrected chi connectivity index (χ0v) is 10.8. The summed E-state index contributed by atoms with van der Waals surface area (Å²) in [6.45, 7) is 4.73. The molecule has 76 valence electrons. The van der Waals surface area contributed by atoms with E-state index < -0.39 is 0 Å². The molecule has 1 unspecified atom stereocenters. The van der Waals surface area contributed by atoms with Gasteiger partial charge in [-0.05, 0) is 13.3 Å². The number of hydrogen-bond acceptors (Lipinski definition) is 1. The highest BCUT2D eigenvalue weighted by Crippen LogP contribution is 1.86. The van der Waals surface area contributed by atoms with E-state index in [0.717, 1.165) is 12.4 Å². The largest absolute Gasteiger partial charge is 0.354 e. The quantitative estimate of drug-likeness (QED) is 0.355. The minimum atomic E-state index is 0. The molecule has 0 rings (SSSR count). The van der Waals surface area contributed by atoms with Crippen molar-refractivity contribution in [2.45, 2.75) is 26.3 Å². The van der Waals surface area contributed by atoms with Crippen LogP contribution >= 0.6 is 24.0 Å². The van der Waals surface area contributed by atoms with Gasteiger partial charge in [-0.2, -0.15) is 0 Å². The van der Waals surface area contributed by atoms with Gasteiger partial charge in [0.05, 0.1) is 6.54 Å². The lowest BCUT2D eigenvalue weighted by molar-refractivity contribution is 0.629. The van der Waals surface area contributed by atoms with Crippen molar-refractivity contribution in [1.82, 2.24) is 10.6 Å². The fraction of sp³-hybridized carbons (Fsp3) is 0.667. The first-order chi connectivity index (χ1) is 5.74. The summed E-state index contributed by atoms with van der Waals surface area (Å²) in [4.78, 5) is 4.01. The molecule has 0 saturated carbocycles. The molecule has 13 heavy (non-hydrogen) atoms. The molecule has 2 N–H and O–H groups in total. The van der Waals surface area contributed by atoms with Gasteiger partial charge in [-0.15, -0.1) is 30.4 Å². The van der Waals surface area contributed by atoms with Gasteiger partial charge < -0.3 is 10.6 Å². The molecule has 0 aliphatic rings. The summed E-state index contributed by atoms with van der Waals surface area (Å²) in [5.74, 6) is 3.26. The molecule has 1 atom stereocenters. The number of terminal acetylenes is 1. The van der Waals surface area contributed by atoms with Crippen molar-refractivity contribution in [1.29, 1.82) is 0 Å².